The number of carbonyl (C=O) groups is 1. The molecule has 1 saturated carbocycles. The summed E-state index contributed by atoms with van der Waals surface area (Å²) in [6.07, 6.45) is 5.07. The van der Waals surface area contributed by atoms with Crippen LogP contribution in [0.3, 0.4) is 0 Å². The number of carbonyl (C=O) groups excluding carboxylic acids is 1. The lowest BCUT2D eigenvalue weighted by atomic mass is 10.3. The molecule has 2 heterocycles. The second-order valence-corrected chi connectivity index (χ2v) is 10.3. The van der Waals surface area contributed by atoms with Crippen LogP contribution in [0.25, 0.3) is 10.7 Å². The Morgan fingerprint density at radius 2 is 1.83 bits per heavy atom. The summed E-state index contributed by atoms with van der Waals surface area (Å²) in [5.41, 5.74) is 1.90. The lowest BCUT2D eigenvalue weighted by Crippen LogP contribution is -2.18. The first-order valence-corrected chi connectivity index (χ1v) is 11.9. The van der Waals surface area contributed by atoms with E-state index >= 15 is 0 Å². The monoisotopic (exact) mass is 427 g/mol. The Hall–Kier alpha value is -2.58. The molecule has 0 saturated heterocycles. The number of nitrogens with one attached hydrogen (secondary N) is 1. The number of rotatable bonds is 5. The van der Waals surface area contributed by atoms with Gasteiger partial charge in [-0.05, 0) is 56.2 Å². The molecule has 0 unspecified atom stereocenters. The Bertz CT molecular complexity index is 1120. The van der Waals surface area contributed by atoms with Gasteiger partial charge in [-0.1, -0.05) is 18.9 Å². The summed E-state index contributed by atoms with van der Waals surface area (Å²) >= 11 is 1.28. The van der Waals surface area contributed by atoms with Crippen molar-refractivity contribution in [1.29, 1.82) is 0 Å². The van der Waals surface area contributed by atoms with E-state index in [1.807, 2.05) is 18.2 Å². The molecule has 4 rings (SSSR count). The van der Waals surface area contributed by atoms with E-state index in [0.717, 1.165) is 31.4 Å². The number of aryl methyl sites for hydroxylation is 1. The molecule has 29 heavy (non-hydrogen) atoms. The van der Waals surface area contributed by atoms with Gasteiger partial charge in [0.05, 0.1) is 21.5 Å². The Morgan fingerprint density at radius 3 is 2.48 bits per heavy atom. The molecular weight excluding hydrogens is 406 g/mol. The van der Waals surface area contributed by atoms with Gasteiger partial charge in [-0.25, -0.2) is 13.4 Å². The van der Waals surface area contributed by atoms with Crippen molar-refractivity contribution in [3.05, 3.63) is 59.2 Å². The normalized spacial score (nSPS) is 14.8. The van der Waals surface area contributed by atoms with Gasteiger partial charge >= 0.3 is 0 Å². The summed E-state index contributed by atoms with van der Waals surface area (Å²) in [6, 6.07) is 12.0. The number of sulfone groups is 1. The molecule has 3 aromatic rings. The number of aromatic nitrogens is 2. The highest BCUT2D eigenvalue weighted by Crippen LogP contribution is 2.30. The topological polar surface area (TPSA) is 89.0 Å². The average molecular weight is 428 g/mol. The third kappa shape index (κ3) is 4.09. The zero-order valence-electron chi connectivity index (χ0n) is 16.0. The summed E-state index contributed by atoms with van der Waals surface area (Å²) < 4.78 is 25.3. The number of amides is 1. The van der Waals surface area contributed by atoms with E-state index < -0.39 is 9.84 Å². The molecule has 6 nitrogen and oxygen atoms in total. The Balaban J connectivity index is 1.50. The van der Waals surface area contributed by atoms with Crippen LogP contribution in [0.2, 0.25) is 0 Å². The predicted octanol–water partition coefficient (Wildman–Crippen LogP) is 4.48. The van der Waals surface area contributed by atoms with Gasteiger partial charge < -0.3 is 5.32 Å². The fraction of sp³-hybridized carbons (Fsp3) is 0.286. The molecule has 0 bridgehead atoms. The highest BCUT2D eigenvalue weighted by atomic mass is 32.2. The highest BCUT2D eigenvalue weighted by Gasteiger charge is 2.30. The quantitative estimate of drug-likeness (QED) is 0.648. The van der Waals surface area contributed by atoms with Gasteiger partial charge in [0.2, 0.25) is 0 Å². The minimum atomic E-state index is -3.30. The van der Waals surface area contributed by atoms with E-state index in [0.29, 0.717) is 26.2 Å². The number of hydrogen-bond donors (Lipinski definition) is 1. The van der Waals surface area contributed by atoms with Crippen molar-refractivity contribution in [1.82, 2.24) is 9.97 Å². The van der Waals surface area contributed by atoms with Crippen molar-refractivity contribution in [3.8, 4) is 10.7 Å². The third-order valence-corrected chi connectivity index (χ3v) is 8.53. The van der Waals surface area contributed by atoms with Crippen molar-refractivity contribution < 1.29 is 13.2 Å². The van der Waals surface area contributed by atoms with Crippen molar-refractivity contribution in [2.45, 2.75) is 42.8 Å². The minimum absolute atomic E-state index is 0.270. The number of pyridine rings is 1. The van der Waals surface area contributed by atoms with Gasteiger partial charge in [0, 0.05) is 11.9 Å². The van der Waals surface area contributed by atoms with Gasteiger partial charge in [0.25, 0.3) is 5.91 Å². The van der Waals surface area contributed by atoms with Gasteiger partial charge in [-0.15, -0.1) is 11.3 Å². The SMILES string of the molecule is Cc1nc(-c2ccccn2)sc1C(=O)Nc1ccc(S(=O)(=O)C2CCCC2)cc1. The molecule has 1 aliphatic carbocycles. The lowest BCUT2D eigenvalue weighted by molar-refractivity contribution is 0.103. The van der Waals surface area contributed by atoms with Gasteiger partial charge in [-0.2, -0.15) is 0 Å². The Kier molecular flexibility index (Phi) is 5.47. The van der Waals surface area contributed by atoms with Crippen LogP contribution in [-0.2, 0) is 9.84 Å². The van der Waals surface area contributed by atoms with Crippen LogP contribution in [0, 0.1) is 6.92 Å². The summed E-state index contributed by atoms with van der Waals surface area (Å²) in [5, 5.41) is 3.23. The molecule has 0 spiro atoms. The molecular formula is C21H21N3O3S2. The lowest BCUT2D eigenvalue weighted by Gasteiger charge is -2.12. The second kappa shape index (κ2) is 8.04. The molecule has 0 aliphatic heterocycles. The summed E-state index contributed by atoms with van der Waals surface area (Å²) in [4.78, 5) is 22.2. The zero-order chi connectivity index (χ0) is 20.4. The maximum absolute atomic E-state index is 12.7. The summed E-state index contributed by atoms with van der Waals surface area (Å²) in [7, 11) is -3.30. The van der Waals surface area contributed by atoms with Crippen LogP contribution < -0.4 is 5.32 Å². The first-order chi connectivity index (χ1) is 13.9. The van der Waals surface area contributed by atoms with E-state index in [9.17, 15) is 13.2 Å². The maximum atomic E-state index is 12.7. The smallest absolute Gasteiger partial charge is 0.267 e. The Labute approximate surface area is 174 Å². The molecule has 1 aliphatic rings. The number of thiazole rings is 1. The molecule has 8 heteroatoms. The molecule has 0 radical (unpaired) electrons. The summed E-state index contributed by atoms with van der Waals surface area (Å²) in [6.45, 7) is 1.79. The minimum Gasteiger partial charge on any atom is -0.321 e. The largest absolute Gasteiger partial charge is 0.321 e. The van der Waals surface area contributed by atoms with Crippen LogP contribution in [0.1, 0.15) is 41.0 Å². The van der Waals surface area contributed by atoms with E-state index in [1.54, 1.807) is 37.4 Å². The fourth-order valence-electron chi connectivity index (χ4n) is 3.51. The van der Waals surface area contributed by atoms with E-state index in [4.69, 9.17) is 0 Å². The fourth-order valence-corrected chi connectivity index (χ4v) is 6.31. The zero-order valence-corrected chi connectivity index (χ0v) is 17.6. The van der Waals surface area contributed by atoms with Gasteiger partial charge in [-0.3, -0.25) is 9.78 Å². The maximum Gasteiger partial charge on any atom is 0.267 e. The molecule has 1 N–H and O–H groups in total. The molecule has 0 atom stereocenters. The van der Waals surface area contributed by atoms with Crippen molar-refractivity contribution in [3.63, 3.8) is 0 Å². The first kappa shape index (κ1) is 19.7. The number of anilines is 1. The molecule has 2 aromatic heterocycles. The second-order valence-electron chi connectivity index (χ2n) is 7.08. The standard InChI is InChI=1S/C21H21N3O3S2/c1-14-19(28-21(23-14)18-8-4-5-13-22-18)20(25)24-15-9-11-17(12-10-15)29(26,27)16-6-2-3-7-16/h4-5,8-13,16H,2-3,6-7H2,1H3,(H,24,25). The van der Waals surface area contributed by atoms with Gasteiger partial charge in [0.1, 0.15) is 9.88 Å². The molecule has 1 aromatic carbocycles. The summed E-state index contributed by atoms with van der Waals surface area (Å²) in [5.74, 6) is -0.270. The average Bonchev–Trinajstić information content (AvgIpc) is 3.39. The number of benzene rings is 1. The van der Waals surface area contributed by atoms with Gasteiger partial charge in [0.15, 0.2) is 9.84 Å². The predicted molar refractivity (Wildman–Crippen MR) is 114 cm³/mol. The van der Waals surface area contributed by atoms with Crippen molar-refractivity contribution in [2.75, 3.05) is 5.32 Å². The Morgan fingerprint density at radius 1 is 1.10 bits per heavy atom. The van der Waals surface area contributed by atoms with Crippen molar-refractivity contribution in [2.24, 2.45) is 0 Å². The van der Waals surface area contributed by atoms with Crippen LogP contribution in [0.15, 0.2) is 53.6 Å². The number of hydrogen-bond acceptors (Lipinski definition) is 6. The van der Waals surface area contributed by atoms with E-state index in [-0.39, 0.29) is 11.2 Å². The van der Waals surface area contributed by atoms with Crippen LogP contribution >= 0.6 is 11.3 Å². The highest BCUT2D eigenvalue weighted by molar-refractivity contribution is 7.92. The van der Waals surface area contributed by atoms with E-state index in [1.165, 1.54) is 11.3 Å². The third-order valence-electron chi connectivity index (χ3n) is 5.07. The molecule has 1 fully saturated rings. The molecule has 150 valence electrons. The van der Waals surface area contributed by atoms with Crippen LogP contribution in [0.4, 0.5) is 5.69 Å². The van der Waals surface area contributed by atoms with Crippen molar-refractivity contribution >= 4 is 32.8 Å². The first-order valence-electron chi connectivity index (χ1n) is 9.49. The molecule has 1 amide bonds. The van der Waals surface area contributed by atoms with Crippen LogP contribution in [-0.4, -0.2) is 29.5 Å². The van der Waals surface area contributed by atoms with E-state index in [2.05, 4.69) is 15.3 Å². The van der Waals surface area contributed by atoms with Crippen LogP contribution in [0.5, 0.6) is 0 Å². The number of nitrogens with zero attached hydrogens (tertiary/aromatic N) is 2.